The molecule has 2 unspecified atom stereocenters. The van der Waals surface area contributed by atoms with Gasteiger partial charge in [-0.2, -0.15) is 0 Å². The molecule has 0 radical (unpaired) electrons. The van der Waals surface area contributed by atoms with Gasteiger partial charge in [0, 0.05) is 18.0 Å². The number of Topliss-reactive ketones (excluding diaryl/α,β-unsaturated/α-hetero) is 1. The molecule has 2 atom stereocenters. The predicted octanol–water partition coefficient (Wildman–Crippen LogP) is 1.95. The number of ether oxygens (including phenoxy) is 2. The summed E-state index contributed by atoms with van der Waals surface area (Å²) in [5, 5.41) is 3.52. The highest BCUT2D eigenvalue weighted by Gasteiger charge is 2.36. The van der Waals surface area contributed by atoms with E-state index >= 15 is 0 Å². The van der Waals surface area contributed by atoms with Gasteiger partial charge in [0.25, 0.3) is 0 Å². The minimum absolute atomic E-state index is 0.0757. The first kappa shape index (κ1) is 13.6. The minimum Gasteiger partial charge on any atom is -0.496 e. The number of nitrogens with one attached hydrogen (secondary N) is 1. The lowest BCUT2D eigenvalue weighted by molar-refractivity contribution is 0.00948. The second-order valence-corrected chi connectivity index (χ2v) is 5.83. The van der Waals surface area contributed by atoms with E-state index in [4.69, 9.17) is 9.47 Å². The molecule has 0 aliphatic carbocycles. The van der Waals surface area contributed by atoms with E-state index in [1.54, 1.807) is 7.11 Å². The molecule has 2 aliphatic heterocycles. The van der Waals surface area contributed by atoms with E-state index in [0.29, 0.717) is 36.6 Å². The highest BCUT2D eigenvalue weighted by atomic mass is 16.5. The number of carbonyl (C=O) groups excluding carboxylic acids is 1. The van der Waals surface area contributed by atoms with Crippen LogP contribution < -0.4 is 10.1 Å². The molecule has 2 fully saturated rings. The summed E-state index contributed by atoms with van der Waals surface area (Å²) >= 11 is 0. The monoisotopic (exact) mass is 275 g/mol. The van der Waals surface area contributed by atoms with Crippen molar-refractivity contribution < 1.29 is 14.3 Å². The van der Waals surface area contributed by atoms with Gasteiger partial charge in [-0.1, -0.05) is 6.07 Å². The molecule has 1 aromatic rings. The van der Waals surface area contributed by atoms with Crippen molar-refractivity contribution in [2.24, 2.45) is 5.92 Å². The largest absolute Gasteiger partial charge is 0.496 e. The Morgan fingerprint density at radius 2 is 2.00 bits per heavy atom. The third kappa shape index (κ3) is 2.58. The number of carbonyl (C=O) groups is 1. The first-order chi connectivity index (χ1) is 9.67. The second-order valence-electron chi connectivity index (χ2n) is 5.83. The Labute approximate surface area is 119 Å². The third-order valence-corrected chi connectivity index (χ3v) is 4.24. The highest BCUT2D eigenvalue weighted by Crippen LogP contribution is 2.30. The van der Waals surface area contributed by atoms with Gasteiger partial charge in [0.2, 0.25) is 0 Å². The van der Waals surface area contributed by atoms with Crippen LogP contribution in [0.2, 0.25) is 0 Å². The highest BCUT2D eigenvalue weighted by molar-refractivity contribution is 6.00. The number of fused-ring (bicyclic) bond motifs is 2. The Morgan fingerprint density at radius 1 is 1.30 bits per heavy atom. The first-order valence-corrected chi connectivity index (χ1v) is 7.20. The summed E-state index contributed by atoms with van der Waals surface area (Å²) in [6.45, 7) is 3.43. The number of morpholine rings is 1. The quantitative estimate of drug-likeness (QED) is 0.857. The molecule has 20 heavy (non-hydrogen) atoms. The topological polar surface area (TPSA) is 47.6 Å². The van der Waals surface area contributed by atoms with Gasteiger partial charge in [-0.15, -0.1) is 0 Å². The molecule has 108 valence electrons. The van der Waals surface area contributed by atoms with Gasteiger partial charge in [0.05, 0.1) is 25.9 Å². The van der Waals surface area contributed by atoms with E-state index in [-0.39, 0.29) is 11.7 Å². The van der Waals surface area contributed by atoms with E-state index < -0.39 is 0 Å². The summed E-state index contributed by atoms with van der Waals surface area (Å²) in [4.78, 5) is 12.8. The Hall–Kier alpha value is -1.39. The van der Waals surface area contributed by atoms with Crippen LogP contribution in [-0.2, 0) is 4.74 Å². The van der Waals surface area contributed by atoms with Gasteiger partial charge in [-0.05, 0) is 37.5 Å². The molecule has 0 aromatic heterocycles. The van der Waals surface area contributed by atoms with E-state index in [1.807, 2.05) is 25.1 Å². The van der Waals surface area contributed by atoms with Crippen LogP contribution in [0, 0.1) is 12.8 Å². The Morgan fingerprint density at radius 3 is 2.65 bits per heavy atom. The molecule has 0 saturated carbocycles. The van der Waals surface area contributed by atoms with Gasteiger partial charge >= 0.3 is 0 Å². The van der Waals surface area contributed by atoms with Crippen LogP contribution in [-0.4, -0.2) is 38.2 Å². The van der Waals surface area contributed by atoms with Gasteiger partial charge in [-0.3, -0.25) is 4.79 Å². The van der Waals surface area contributed by atoms with Crippen molar-refractivity contribution in [3.05, 3.63) is 29.3 Å². The predicted molar refractivity (Wildman–Crippen MR) is 76.3 cm³/mol. The molecule has 2 bridgehead atoms. The fourth-order valence-corrected chi connectivity index (χ4v) is 3.27. The number of ketones is 1. The van der Waals surface area contributed by atoms with Crippen molar-refractivity contribution in [2.45, 2.75) is 31.8 Å². The average Bonchev–Trinajstić information content (AvgIpc) is 2.46. The molecule has 4 nitrogen and oxygen atoms in total. The number of piperidine rings is 1. The summed E-state index contributed by atoms with van der Waals surface area (Å²) in [6, 6.07) is 6.42. The average molecular weight is 275 g/mol. The Kier molecular flexibility index (Phi) is 3.76. The molecule has 1 N–H and O–H groups in total. The SMILES string of the molecule is COc1cc(C)ccc1C(=O)C1CC2COCC(C1)N2. The van der Waals surface area contributed by atoms with Crippen molar-refractivity contribution >= 4 is 5.78 Å². The van der Waals surface area contributed by atoms with Crippen LogP contribution in [0.25, 0.3) is 0 Å². The smallest absolute Gasteiger partial charge is 0.169 e. The van der Waals surface area contributed by atoms with E-state index in [9.17, 15) is 4.79 Å². The third-order valence-electron chi connectivity index (χ3n) is 4.24. The molecule has 2 heterocycles. The molecule has 3 rings (SSSR count). The summed E-state index contributed by atoms with van der Waals surface area (Å²) in [5.41, 5.74) is 1.82. The Balaban J connectivity index is 1.82. The van der Waals surface area contributed by atoms with Gasteiger partial charge in [-0.25, -0.2) is 0 Å². The fraction of sp³-hybridized carbons (Fsp3) is 0.562. The van der Waals surface area contributed by atoms with E-state index in [0.717, 1.165) is 18.4 Å². The molecule has 2 saturated heterocycles. The zero-order chi connectivity index (χ0) is 14.1. The van der Waals surface area contributed by atoms with Crippen LogP contribution in [0.5, 0.6) is 5.75 Å². The minimum atomic E-state index is 0.0757. The number of hydrogen-bond acceptors (Lipinski definition) is 4. The van der Waals surface area contributed by atoms with E-state index in [2.05, 4.69) is 5.32 Å². The van der Waals surface area contributed by atoms with Gasteiger partial charge < -0.3 is 14.8 Å². The summed E-state index contributed by atoms with van der Waals surface area (Å²) < 4.78 is 10.9. The van der Waals surface area contributed by atoms with Crippen molar-refractivity contribution in [1.82, 2.24) is 5.32 Å². The molecular formula is C16H21NO3. The van der Waals surface area contributed by atoms with Crippen molar-refractivity contribution in [2.75, 3.05) is 20.3 Å². The fourth-order valence-electron chi connectivity index (χ4n) is 3.27. The number of benzene rings is 1. The summed E-state index contributed by atoms with van der Waals surface area (Å²) in [6.07, 6.45) is 1.71. The maximum Gasteiger partial charge on any atom is 0.169 e. The number of hydrogen-bond donors (Lipinski definition) is 1. The zero-order valence-corrected chi connectivity index (χ0v) is 12.0. The lowest BCUT2D eigenvalue weighted by Crippen LogP contribution is -2.55. The lowest BCUT2D eigenvalue weighted by Gasteiger charge is -2.39. The molecule has 4 heteroatoms. The number of aryl methyl sites for hydroxylation is 1. The molecule has 2 aliphatic rings. The molecular weight excluding hydrogens is 254 g/mol. The maximum absolute atomic E-state index is 12.8. The normalized spacial score (nSPS) is 29.0. The molecule has 1 aromatic carbocycles. The van der Waals surface area contributed by atoms with Crippen LogP contribution in [0.3, 0.4) is 0 Å². The molecule has 0 amide bonds. The van der Waals surface area contributed by atoms with E-state index in [1.165, 1.54) is 0 Å². The number of methoxy groups -OCH3 is 1. The van der Waals surface area contributed by atoms with Crippen molar-refractivity contribution in [3.63, 3.8) is 0 Å². The lowest BCUT2D eigenvalue weighted by atomic mass is 9.82. The first-order valence-electron chi connectivity index (χ1n) is 7.20. The van der Waals surface area contributed by atoms with Gasteiger partial charge in [0.15, 0.2) is 5.78 Å². The maximum atomic E-state index is 12.8. The van der Waals surface area contributed by atoms with Crippen LogP contribution in [0.4, 0.5) is 0 Å². The van der Waals surface area contributed by atoms with Gasteiger partial charge in [0.1, 0.15) is 5.75 Å². The second kappa shape index (κ2) is 5.54. The van der Waals surface area contributed by atoms with Crippen LogP contribution in [0.1, 0.15) is 28.8 Å². The Bertz CT molecular complexity index is 502. The van der Waals surface area contributed by atoms with Crippen molar-refractivity contribution in [3.8, 4) is 5.75 Å². The summed E-state index contributed by atoms with van der Waals surface area (Å²) in [7, 11) is 1.62. The van der Waals surface area contributed by atoms with Crippen LogP contribution >= 0.6 is 0 Å². The molecule has 0 spiro atoms. The van der Waals surface area contributed by atoms with Crippen LogP contribution in [0.15, 0.2) is 18.2 Å². The standard InChI is InChI=1S/C16H21NO3/c1-10-3-4-14(15(5-10)19-2)16(18)11-6-12-8-20-9-13(7-11)17-12/h3-5,11-13,17H,6-9H2,1-2H3. The van der Waals surface area contributed by atoms with Crippen molar-refractivity contribution in [1.29, 1.82) is 0 Å². The zero-order valence-electron chi connectivity index (χ0n) is 12.0. The number of rotatable bonds is 3. The summed E-state index contributed by atoms with van der Waals surface area (Å²) in [5.74, 6) is 0.974.